The highest BCUT2D eigenvalue weighted by Crippen LogP contribution is 2.27. The van der Waals surface area contributed by atoms with Crippen LogP contribution in [0.15, 0.2) is 30.3 Å². The van der Waals surface area contributed by atoms with Gasteiger partial charge in [0.05, 0.1) is 16.6 Å². The summed E-state index contributed by atoms with van der Waals surface area (Å²) in [4.78, 5) is 31.9. The highest BCUT2D eigenvalue weighted by Gasteiger charge is 2.22. The molecule has 8 nitrogen and oxygen atoms in total. The molecule has 31 heavy (non-hydrogen) atoms. The SMILES string of the molecule is Cc1cc(C)c2c(OCC(=O)Nc3ccccc3C(=O)N3CCCCC3)nn(C)c2n1. The number of aromatic nitrogens is 3. The summed E-state index contributed by atoms with van der Waals surface area (Å²) in [5, 5.41) is 7.98. The van der Waals surface area contributed by atoms with Gasteiger partial charge in [0, 0.05) is 25.8 Å². The Bertz CT molecular complexity index is 1130. The minimum Gasteiger partial charge on any atom is -0.466 e. The number of likely N-dealkylation sites (tertiary alicyclic amines) is 1. The Hall–Kier alpha value is -3.42. The Kier molecular flexibility index (Phi) is 5.88. The summed E-state index contributed by atoms with van der Waals surface area (Å²) in [5.74, 6) is -0.0324. The number of piperidine rings is 1. The van der Waals surface area contributed by atoms with Crippen molar-refractivity contribution in [3.63, 3.8) is 0 Å². The molecule has 1 aliphatic heterocycles. The minimum atomic E-state index is -0.351. The van der Waals surface area contributed by atoms with E-state index in [-0.39, 0.29) is 18.4 Å². The van der Waals surface area contributed by atoms with Gasteiger partial charge in [-0.2, -0.15) is 0 Å². The zero-order valence-electron chi connectivity index (χ0n) is 18.1. The highest BCUT2D eigenvalue weighted by molar-refractivity contribution is 6.04. The number of carbonyl (C=O) groups is 2. The number of para-hydroxylation sites is 1. The van der Waals surface area contributed by atoms with Crippen LogP contribution in [0.3, 0.4) is 0 Å². The molecule has 4 rings (SSSR count). The van der Waals surface area contributed by atoms with Crippen molar-refractivity contribution in [2.75, 3.05) is 25.0 Å². The maximum Gasteiger partial charge on any atom is 0.262 e. The quantitative estimate of drug-likeness (QED) is 0.683. The van der Waals surface area contributed by atoms with Crippen LogP contribution in [0.25, 0.3) is 11.0 Å². The molecule has 0 spiro atoms. The predicted molar refractivity (Wildman–Crippen MR) is 118 cm³/mol. The third-order valence-electron chi connectivity index (χ3n) is 5.50. The number of hydrogen-bond donors (Lipinski definition) is 1. The van der Waals surface area contributed by atoms with Crippen molar-refractivity contribution in [2.24, 2.45) is 7.05 Å². The summed E-state index contributed by atoms with van der Waals surface area (Å²) in [7, 11) is 1.80. The summed E-state index contributed by atoms with van der Waals surface area (Å²) in [5.41, 5.74) is 3.59. The van der Waals surface area contributed by atoms with Gasteiger partial charge in [-0.3, -0.25) is 9.59 Å². The van der Waals surface area contributed by atoms with Gasteiger partial charge >= 0.3 is 0 Å². The van der Waals surface area contributed by atoms with Crippen LogP contribution in [-0.2, 0) is 11.8 Å². The van der Waals surface area contributed by atoms with E-state index in [1.54, 1.807) is 36.0 Å². The number of pyridine rings is 1. The van der Waals surface area contributed by atoms with Crippen molar-refractivity contribution in [2.45, 2.75) is 33.1 Å². The van der Waals surface area contributed by atoms with Gasteiger partial charge in [-0.25, -0.2) is 9.67 Å². The first-order valence-electron chi connectivity index (χ1n) is 10.6. The first-order valence-corrected chi connectivity index (χ1v) is 10.6. The normalized spacial score (nSPS) is 14.0. The van der Waals surface area contributed by atoms with E-state index < -0.39 is 0 Å². The molecule has 1 aromatic carbocycles. The first kappa shape index (κ1) is 20.8. The number of nitrogens with one attached hydrogen (secondary N) is 1. The second-order valence-electron chi connectivity index (χ2n) is 7.94. The lowest BCUT2D eigenvalue weighted by atomic mass is 10.1. The lowest BCUT2D eigenvalue weighted by Crippen LogP contribution is -2.36. The lowest BCUT2D eigenvalue weighted by molar-refractivity contribution is -0.118. The van der Waals surface area contributed by atoms with E-state index in [9.17, 15) is 9.59 Å². The van der Waals surface area contributed by atoms with Gasteiger partial charge in [0.25, 0.3) is 11.8 Å². The molecule has 0 saturated carbocycles. The first-order chi connectivity index (χ1) is 14.9. The fourth-order valence-corrected chi connectivity index (χ4v) is 4.02. The molecular weight excluding hydrogens is 394 g/mol. The largest absolute Gasteiger partial charge is 0.466 e. The van der Waals surface area contributed by atoms with Crippen molar-refractivity contribution >= 4 is 28.5 Å². The smallest absolute Gasteiger partial charge is 0.262 e. The molecule has 0 atom stereocenters. The Morgan fingerprint density at radius 2 is 1.87 bits per heavy atom. The molecule has 0 bridgehead atoms. The van der Waals surface area contributed by atoms with Crippen LogP contribution in [-0.4, -0.2) is 51.2 Å². The van der Waals surface area contributed by atoms with E-state index in [1.807, 2.05) is 24.8 Å². The number of anilines is 1. The van der Waals surface area contributed by atoms with E-state index in [4.69, 9.17) is 4.74 Å². The average Bonchev–Trinajstić information content (AvgIpc) is 3.08. The zero-order chi connectivity index (χ0) is 22.0. The molecule has 0 radical (unpaired) electrons. The standard InChI is InChI=1S/C23H27N5O3/c1-15-13-16(2)24-21-20(15)22(26-27(21)3)31-14-19(29)25-18-10-6-5-9-17(18)23(30)28-11-7-4-8-12-28/h5-6,9-10,13H,4,7-8,11-12,14H2,1-3H3,(H,25,29). The molecule has 162 valence electrons. The van der Waals surface area contributed by atoms with Gasteiger partial charge in [0.1, 0.15) is 0 Å². The molecule has 3 heterocycles. The average molecular weight is 422 g/mol. The minimum absolute atomic E-state index is 0.0516. The maximum atomic E-state index is 12.9. The number of hydrogen-bond acceptors (Lipinski definition) is 5. The second kappa shape index (κ2) is 8.75. The van der Waals surface area contributed by atoms with Crippen molar-refractivity contribution < 1.29 is 14.3 Å². The number of aryl methyl sites for hydroxylation is 3. The number of rotatable bonds is 5. The third-order valence-corrected chi connectivity index (χ3v) is 5.50. The van der Waals surface area contributed by atoms with Crippen molar-refractivity contribution in [1.29, 1.82) is 0 Å². The third kappa shape index (κ3) is 4.38. The summed E-state index contributed by atoms with van der Waals surface area (Å²) >= 11 is 0. The van der Waals surface area contributed by atoms with Gasteiger partial charge in [-0.15, -0.1) is 5.10 Å². The molecule has 1 fully saturated rings. The monoisotopic (exact) mass is 421 g/mol. The number of carbonyl (C=O) groups excluding carboxylic acids is 2. The summed E-state index contributed by atoms with van der Waals surface area (Å²) in [6.07, 6.45) is 3.18. The van der Waals surface area contributed by atoms with Crippen LogP contribution in [0.1, 0.15) is 40.9 Å². The molecule has 8 heteroatoms. The van der Waals surface area contributed by atoms with Gasteiger partial charge < -0.3 is 15.0 Å². The number of amides is 2. The second-order valence-corrected chi connectivity index (χ2v) is 7.94. The van der Waals surface area contributed by atoms with E-state index in [0.29, 0.717) is 22.8 Å². The van der Waals surface area contributed by atoms with E-state index in [2.05, 4.69) is 15.4 Å². The number of benzene rings is 1. The molecule has 1 aliphatic rings. The Morgan fingerprint density at radius 3 is 2.65 bits per heavy atom. The zero-order valence-corrected chi connectivity index (χ0v) is 18.1. The van der Waals surface area contributed by atoms with Gasteiger partial charge in [-0.1, -0.05) is 12.1 Å². The topological polar surface area (TPSA) is 89.4 Å². The molecular formula is C23H27N5O3. The molecule has 1 N–H and O–H groups in total. The van der Waals surface area contributed by atoms with Crippen LogP contribution < -0.4 is 10.1 Å². The molecule has 2 aromatic heterocycles. The van der Waals surface area contributed by atoms with Crippen molar-refractivity contribution in [1.82, 2.24) is 19.7 Å². The Balaban J connectivity index is 1.47. The van der Waals surface area contributed by atoms with Gasteiger partial charge in [0.2, 0.25) is 5.88 Å². The van der Waals surface area contributed by atoms with Crippen LogP contribution in [0.2, 0.25) is 0 Å². The van der Waals surface area contributed by atoms with Crippen molar-refractivity contribution in [3.05, 3.63) is 47.2 Å². The summed E-state index contributed by atoms with van der Waals surface area (Å²) < 4.78 is 7.38. The number of nitrogens with zero attached hydrogens (tertiary/aromatic N) is 4. The lowest BCUT2D eigenvalue weighted by Gasteiger charge is -2.27. The summed E-state index contributed by atoms with van der Waals surface area (Å²) in [6, 6.07) is 9.05. The Labute approximate surface area is 181 Å². The molecule has 0 unspecified atom stereocenters. The van der Waals surface area contributed by atoms with Crippen LogP contribution in [0.4, 0.5) is 5.69 Å². The molecule has 3 aromatic rings. The van der Waals surface area contributed by atoms with Crippen molar-refractivity contribution in [3.8, 4) is 5.88 Å². The van der Waals surface area contributed by atoms with Crippen LogP contribution >= 0.6 is 0 Å². The van der Waals surface area contributed by atoms with Crippen LogP contribution in [0, 0.1) is 13.8 Å². The maximum absolute atomic E-state index is 12.9. The molecule has 0 aliphatic carbocycles. The highest BCUT2D eigenvalue weighted by atomic mass is 16.5. The molecule has 1 saturated heterocycles. The van der Waals surface area contributed by atoms with E-state index >= 15 is 0 Å². The fourth-order valence-electron chi connectivity index (χ4n) is 4.02. The Morgan fingerprint density at radius 1 is 1.13 bits per heavy atom. The molecule has 2 amide bonds. The number of fused-ring (bicyclic) bond motifs is 1. The predicted octanol–water partition coefficient (Wildman–Crippen LogP) is 3.23. The number of ether oxygens (including phenoxy) is 1. The van der Waals surface area contributed by atoms with Gasteiger partial charge in [0.15, 0.2) is 12.3 Å². The fraction of sp³-hybridized carbons (Fsp3) is 0.391. The van der Waals surface area contributed by atoms with E-state index in [0.717, 1.165) is 49.0 Å². The summed E-state index contributed by atoms with van der Waals surface area (Å²) in [6.45, 7) is 5.18. The van der Waals surface area contributed by atoms with Crippen LogP contribution in [0.5, 0.6) is 5.88 Å². The van der Waals surface area contributed by atoms with Gasteiger partial charge in [-0.05, 0) is 56.9 Å². The van der Waals surface area contributed by atoms with E-state index in [1.165, 1.54) is 0 Å².